The Hall–Kier alpha value is -7.24. The molecule has 0 unspecified atom stereocenters. The molecule has 6 aromatic rings. The summed E-state index contributed by atoms with van der Waals surface area (Å²) in [6.07, 6.45) is 0.783. The molecule has 0 fully saturated rings. The van der Waals surface area contributed by atoms with Gasteiger partial charge in [-0.05, 0) is 66.4 Å². The van der Waals surface area contributed by atoms with Crippen molar-refractivity contribution in [3.05, 3.63) is 186 Å². The van der Waals surface area contributed by atoms with E-state index in [4.69, 9.17) is 9.73 Å². The Kier molecular flexibility index (Phi) is 13.6. The number of hydrazine groups is 1. The van der Waals surface area contributed by atoms with Crippen LogP contribution in [0.15, 0.2) is 169 Å². The van der Waals surface area contributed by atoms with Crippen LogP contribution in [0.25, 0.3) is 0 Å². The van der Waals surface area contributed by atoms with Gasteiger partial charge in [-0.3, -0.25) is 19.8 Å². The number of fused-ring (bicyclic) bond motifs is 1. The topological polar surface area (TPSA) is 110 Å². The molecule has 1 aliphatic heterocycles. The van der Waals surface area contributed by atoms with Crippen LogP contribution in [0.5, 0.6) is 5.75 Å². The van der Waals surface area contributed by atoms with Crippen LogP contribution in [0.1, 0.15) is 35.1 Å². The van der Waals surface area contributed by atoms with E-state index in [1.807, 2.05) is 176 Å². The van der Waals surface area contributed by atoms with Crippen molar-refractivity contribution < 1.29 is 19.1 Å². The number of amides is 4. The zero-order chi connectivity index (χ0) is 41.7. The molecule has 2 N–H and O–H groups in total. The molecule has 11 heteroatoms. The fourth-order valence-corrected chi connectivity index (χ4v) is 7.15. The number of anilines is 3. The number of urea groups is 1. The van der Waals surface area contributed by atoms with Crippen LogP contribution in [0, 0.1) is 6.92 Å². The average Bonchev–Trinajstić information content (AvgIpc) is 3.27. The molecule has 0 saturated carbocycles. The van der Waals surface area contributed by atoms with Gasteiger partial charge in [0.1, 0.15) is 18.0 Å². The summed E-state index contributed by atoms with van der Waals surface area (Å²) in [5.41, 5.74) is 9.50. The first-order chi connectivity index (χ1) is 29.4. The molecule has 0 spiro atoms. The van der Waals surface area contributed by atoms with Gasteiger partial charge in [-0.15, -0.1) is 0 Å². The van der Waals surface area contributed by atoms with Crippen molar-refractivity contribution in [2.75, 3.05) is 30.1 Å². The standard InChI is InChI=1S/C49H49N7O4/c1-37-19-15-16-29-43(37)56(50-2)46(58)36-54-35-40-24-17-30-44(47(40)51-48(54)52-49(59)55(41-25-11-5-12-26-41)42-27-13-6-14-28-42)60-32-18-31-45(57)53(33-38-20-7-3-8-21-38)34-39-22-9-4-10-23-39/h3-17,19-30,50H,18,31-36H2,1-2H3,(H,51,52,59). The third kappa shape index (κ3) is 10.2. The zero-order valence-corrected chi connectivity index (χ0v) is 33.9. The molecule has 1 aliphatic rings. The minimum absolute atomic E-state index is 0.0346. The van der Waals surface area contributed by atoms with Gasteiger partial charge in [0.25, 0.3) is 5.91 Å². The highest BCUT2D eigenvalue weighted by molar-refractivity contribution is 6.09. The van der Waals surface area contributed by atoms with Gasteiger partial charge in [0, 0.05) is 38.7 Å². The van der Waals surface area contributed by atoms with Crippen molar-refractivity contribution in [2.24, 2.45) is 4.99 Å². The second-order valence-electron chi connectivity index (χ2n) is 14.4. The second kappa shape index (κ2) is 20.0. The maximum Gasteiger partial charge on any atom is 0.333 e. The molecule has 0 atom stereocenters. The van der Waals surface area contributed by atoms with E-state index in [-0.39, 0.29) is 37.5 Å². The first-order valence-electron chi connectivity index (χ1n) is 20.1. The lowest BCUT2D eigenvalue weighted by atomic mass is 10.1. The number of rotatable bonds is 15. The summed E-state index contributed by atoms with van der Waals surface area (Å²) >= 11 is 0. The van der Waals surface area contributed by atoms with Crippen LogP contribution in [-0.4, -0.2) is 53.8 Å². The van der Waals surface area contributed by atoms with Crippen LogP contribution in [-0.2, 0) is 29.2 Å². The van der Waals surface area contributed by atoms with Crippen molar-refractivity contribution in [3.8, 4) is 5.75 Å². The molecule has 11 nitrogen and oxygen atoms in total. The maximum absolute atomic E-state index is 14.4. The summed E-state index contributed by atoms with van der Waals surface area (Å²) in [5, 5.41) is 4.55. The summed E-state index contributed by atoms with van der Waals surface area (Å²) in [6.45, 7) is 3.41. The third-order valence-corrected chi connectivity index (χ3v) is 10.1. The fraction of sp³-hybridized carbons (Fsp3) is 0.184. The number of benzene rings is 6. The fourth-order valence-electron chi connectivity index (χ4n) is 7.15. The third-order valence-electron chi connectivity index (χ3n) is 10.1. The molecule has 60 heavy (non-hydrogen) atoms. The highest BCUT2D eigenvalue weighted by atomic mass is 16.5. The number of carbonyl (C=O) groups excluding carboxylic acids is 3. The maximum atomic E-state index is 14.4. The molecule has 0 bridgehead atoms. The average molecular weight is 800 g/mol. The molecular formula is C49H49N7O4. The van der Waals surface area contributed by atoms with E-state index >= 15 is 0 Å². The Labute approximate surface area is 351 Å². The number of hydrogen-bond acceptors (Lipinski definition) is 7. The van der Waals surface area contributed by atoms with Crippen LogP contribution in [0.4, 0.5) is 27.5 Å². The largest absolute Gasteiger partial charge is 0.491 e. The predicted octanol–water partition coefficient (Wildman–Crippen LogP) is 8.90. The number of nitrogens with zero attached hydrogens (tertiary/aromatic N) is 5. The molecule has 7 rings (SSSR count). The first-order valence-corrected chi connectivity index (χ1v) is 20.1. The Morgan fingerprint density at radius 3 is 1.83 bits per heavy atom. The van der Waals surface area contributed by atoms with Crippen molar-refractivity contribution in [1.29, 1.82) is 0 Å². The van der Waals surface area contributed by atoms with Gasteiger partial charge in [0.2, 0.25) is 11.9 Å². The van der Waals surface area contributed by atoms with E-state index in [1.165, 1.54) is 5.01 Å². The van der Waals surface area contributed by atoms with Crippen molar-refractivity contribution in [1.82, 2.24) is 20.5 Å². The van der Waals surface area contributed by atoms with Crippen LogP contribution in [0.3, 0.4) is 0 Å². The van der Waals surface area contributed by atoms with E-state index in [2.05, 4.69) is 10.7 Å². The SMILES string of the molecule is CNN(C(=O)CN1Cc2cccc(OCCCC(=O)N(Cc3ccccc3)Cc3ccccc3)c2N=C1NC(=O)N(c1ccccc1)c1ccccc1)c1ccccc1C. The van der Waals surface area contributed by atoms with Gasteiger partial charge in [-0.1, -0.05) is 127 Å². The summed E-state index contributed by atoms with van der Waals surface area (Å²) in [5.74, 6) is 0.503. The summed E-state index contributed by atoms with van der Waals surface area (Å²) in [7, 11) is 1.70. The number of aryl methyl sites for hydroxylation is 1. The smallest absolute Gasteiger partial charge is 0.333 e. The van der Waals surface area contributed by atoms with Crippen molar-refractivity contribution >= 4 is 46.6 Å². The van der Waals surface area contributed by atoms with Gasteiger partial charge in [-0.2, -0.15) is 0 Å². The van der Waals surface area contributed by atoms with Gasteiger partial charge in [-0.25, -0.2) is 20.2 Å². The minimum atomic E-state index is -0.455. The highest BCUT2D eigenvalue weighted by Gasteiger charge is 2.30. The number of hydrogen-bond donors (Lipinski definition) is 2. The van der Waals surface area contributed by atoms with Gasteiger partial charge < -0.3 is 14.5 Å². The van der Waals surface area contributed by atoms with E-state index in [0.29, 0.717) is 48.7 Å². The Balaban J connectivity index is 1.12. The highest BCUT2D eigenvalue weighted by Crippen LogP contribution is 2.36. The number of nitrogens with one attached hydrogen (secondary N) is 2. The number of carbonyl (C=O) groups is 3. The van der Waals surface area contributed by atoms with E-state index < -0.39 is 6.03 Å². The number of guanidine groups is 1. The minimum Gasteiger partial charge on any atom is -0.491 e. The quantitative estimate of drug-likeness (QED) is 0.0794. The van der Waals surface area contributed by atoms with Crippen LogP contribution < -0.4 is 25.4 Å². The summed E-state index contributed by atoms with van der Waals surface area (Å²) in [6, 6.07) is 51.6. The molecule has 304 valence electrons. The van der Waals surface area contributed by atoms with E-state index in [1.54, 1.807) is 16.8 Å². The summed E-state index contributed by atoms with van der Waals surface area (Å²) < 4.78 is 6.35. The zero-order valence-electron chi connectivity index (χ0n) is 33.9. The summed E-state index contributed by atoms with van der Waals surface area (Å²) in [4.78, 5) is 52.3. The molecule has 0 radical (unpaired) electrons. The molecule has 6 aromatic carbocycles. The molecule has 0 aliphatic carbocycles. The monoisotopic (exact) mass is 799 g/mol. The Morgan fingerprint density at radius 1 is 0.683 bits per heavy atom. The van der Waals surface area contributed by atoms with Gasteiger partial charge >= 0.3 is 6.03 Å². The molecule has 1 heterocycles. The number of aliphatic imine (C=N–C) groups is 1. The van der Waals surface area contributed by atoms with Crippen molar-refractivity contribution in [2.45, 2.75) is 39.4 Å². The van der Waals surface area contributed by atoms with Crippen molar-refractivity contribution in [3.63, 3.8) is 0 Å². The number of para-hydroxylation sites is 4. The molecule has 0 saturated heterocycles. The second-order valence-corrected chi connectivity index (χ2v) is 14.4. The van der Waals surface area contributed by atoms with Crippen LogP contribution >= 0.6 is 0 Å². The first kappa shape index (κ1) is 40.9. The lowest BCUT2D eigenvalue weighted by molar-refractivity contribution is -0.132. The molecule has 0 aromatic heterocycles. The van der Waals surface area contributed by atoms with E-state index in [9.17, 15) is 14.4 Å². The molecule has 4 amide bonds. The van der Waals surface area contributed by atoms with Gasteiger partial charge in [0.05, 0.1) is 23.7 Å². The normalized spacial score (nSPS) is 11.8. The van der Waals surface area contributed by atoms with Crippen LogP contribution in [0.2, 0.25) is 0 Å². The Morgan fingerprint density at radius 2 is 1.25 bits per heavy atom. The Bertz CT molecular complexity index is 2310. The lowest BCUT2D eigenvalue weighted by Crippen LogP contribution is -2.53. The number of ether oxygens (including phenoxy) is 1. The lowest BCUT2D eigenvalue weighted by Gasteiger charge is -2.33. The van der Waals surface area contributed by atoms with Gasteiger partial charge in [0.15, 0.2) is 0 Å². The molecular weight excluding hydrogens is 751 g/mol. The van der Waals surface area contributed by atoms with E-state index in [0.717, 1.165) is 27.9 Å². The predicted molar refractivity (Wildman–Crippen MR) is 237 cm³/mol.